The van der Waals surface area contributed by atoms with Crippen molar-refractivity contribution in [1.29, 1.82) is 0 Å². The number of carbonyl (C=O) groups excluding carboxylic acids is 5. The largest absolute Gasteiger partial charge is 0.508 e. The maximum Gasteiger partial charge on any atom is 0.508 e. The molecule has 0 saturated carbocycles. The van der Waals surface area contributed by atoms with Crippen LogP contribution in [0.4, 0.5) is 15.3 Å². The third-order valence-corrected chi connectivity index (χ3v) is 8.83. The van der Waals surface area contributed by atoms with Gasteiger partial charge in [-0.1, -0.05) is 60.7 Å². The van der Waals surface area contributed by atoms with Crippen LogP contribution in [-0.2, 0) is 51.9 Å². The summed E-state index contributed by atoms with van der Waals surface area (Å²) in [6.07, 6.45) is -2.14. The molecule has 13 nitrogen and oxygen atoms in total. The first-order valence-electron chi connectivity index (χ1n) is 16.1. The molecule has 0 aromatic heterocycles. The van der Waals surface area contributed by atoms with Crippen molar-refractivity contribution in [3.63, 3.8) is 0 Å². The van der Waals surface area contributed by atoms with Crippen LogP contribution in [0.3, 0.4) is 0 Å². The van der Waals surface area contributed by atoms with Crippen molar-refractivity contribution in [2.24, 2.45) is 0 Å². The number of esters is 2. The molecule has 0 aliphatic carbocycles. The highest BCUT2D eigenvalue weighted by molar-refractivity contribution is 5.95. The van der Waals surface area contributed by atoms with E-state index in [9.17, 15) is 24.0 Å². The van der Waals surface area contributed by atoms with Crippen LogP contribution < -0.4 is 9.64 Å². The van der Waals surface area contributed by atoms with Crippen molar-refractivity contribution in [3.8, 4) is 5.75 Å². The van der Waals surface area contributed by atoms with Gasteiger partial charge in [-0.2, -0.15) is 0 Å². The zero-order chi connectivity index (χ0) is 35.8. The highest BCUT2D eigenvalue weighted by atomic mass is 16.7. The second-order valence-electron chi connectivity index (χ2n) is 13.3. The van der Waals surface area contributed by atoms with Crippen molar-refractivity contribution in [2.45, 2.75) is 76.3 Å². The van der Waals surface area contributed by atoms with E-state index in [1.807, 2.05) is 36.4 Å². The number of fused-ring (bicyclic) bond motifs is 5. The molecule has 6 rings (SSSR count). The lowest BCUT2D eigenvalue weighted by Crippen LogP contribution is -2.55. The lowest BCUT2D eigenvalue weighted by atomic mass is 9.76. The second-order valence-corrected chi connectivity index (χ2v) is 13.3. The van der Waals surface area contributed by atoms with Gasteiger partial charge in [-0.3, -0.25) is 9.69 Å². The highest BCUT2D eigenvalue weighted by Gasteiger charge is 2.77. The van der Waals surface area contributed by atoms with Crippen LogP contribution >= 0.6 is 0 Å². The summed E-state index contributed by atoms with van der Waals surface area (Å²) in [4.78, 5) is 68.8. The molecule has 0 bridgehead atoms. The zero-order valence-electron chi connectivity index (χ0n) is 28.3. The van der Waals surface area contributed by atoms with E-state index < -0.39 is 66.2 Å². The summed E-state index contributed by atoms with van der Waals surface area (Å²) in [5, 5.41) is 0. The molecular weight excluding hydrogens is 648 g/mol. The SMILES string of the molecule is COC(=O)c1cc(OCc2ccccc2)c2c(c1)N1C(OC(C)=O)[C@H]3[C@@H](C1[C@@]2(C=O)COC(=O)OCc1ccccc1)N3C(=O)OC(C)(C)C. The first-order valence-corrected chi connectivity index (χ1v) is 16.1. The topological polar surface area (TPSA) is 147 Å². The van der Waals surface area contributed by atoms with Gasteiger partial charge in [0, 0.05) is 18.2 Å². The molecule has 1 amide bonds. The number of nitrogens with zero attached hydrogens (tertiary/aromatic N) is 2. The number of hydrogen-bond donors (Lipinski definition) is 0. The predicted octanol–water partition coefficient (Wildman–Crippen LogP) is 4.92. The number of aldehydes is 1. The standard InChI is InChI=1S/C37H38N2O11/c1-22(41)49-32-30-29(39(30)34(43)50-36(2,3)4)31-37(20-40,21-48-35(44)47-19-24-14-10-7-11-15-24)28-26(38(31)32)16-25(33(42)45-5)17-27(28)46-18-23-12-8-6-9-13-23/h6-17,20,29-32H,18-19,21H2,1-5H3/t29-,30+,31?,32?,37-,39?/m0/s1. The van der Waals surface area contributed by atoms with Gasteiger partial charge in [0.15, 0.2) is 6.23 Å². The van der Waals surface area contributed by atoms with Gasteiger partial charge in [0.1, 0.15) is 48.9 Å². The molecule has 5 atom stereocenters. The number of ether oxygens (including phenoxy) is 6. The van der Waals surface area contributed by atoms with Gasteiger partial charge < -0.3 is 38.1 Å². The van der Waals surface area contributed by atoms with E-state index in [1.165, 1.54) is 31.1 Å². The van der Waals surface area contributed by atoms with E-state index in [2.05, 4.69) is 0 Å². The second kappa shape index (κ2) is 13.4. The molecule has 0 N–H and O–H groups in total. The fourth-order valence-corrected chi connectivity index (χ4v) is 6.86. The lowest BCUT2D eigenvalue weighted by Gasteiger charge is -2.36. The van der Waals surface area contributed by atoms with Crippen LogP contribution in [0.1, 0.15) is 54.7 Å². The van der Waals surface area contributed by atoms with Crippen molar-refractivity contribution >= 4 is 36.2 Å². The monoisotopic (exact) mass is 686 g/mol. The Labute approximate surface area is 288 Å². The fourth-order valence-electron chi connectivity index (χ4n) is 6.86. The molecule has 0 radical (unpaired) electrons. The van der Waals surface area contributed by atoms with Gasteiger partial charge >= 0.3 is 24.2 Å². The number of piperazine rings is 1. The van der Waals surface area contributed by atoms with Crippen LogP contribution in [0.2, 0.25) is 0 Å². The average molecular weight is 687 g/mol. The fraction of sp³-hybridized carbons (Fsp3) is 0.378. The highest BCUT2D eigenvalue weighted by Crippen LogP contribution is 2.61. The number of hydrogen-bond acceptors (Lipinski definition) is 12. The summed E-state index contributed by atoms with van der Waals surface area (Å²) in [5.41, 5.74) is -0.310. The average Bonchev–Trinajstić information content (AvgIpc) is 3.65. The minimum absolute atomic E-state index is 0.0565. The van der Waals surface area contributed by atoms with Gasteiger partial charge in [0.05, 0.1) is 24.8 Å². The zero-order valence-corrected chi connectivity index (χ0v) is 28.3. The van der Waals surface area contributed by atoms with Gasteiger partial charge in [-0.05, 0) is 44.0 Å². The molecule has 3 aromatic carbocycles. The van der Waals surface area contributed by atoms with Crippen LogP contribution in [0.15, 0.2) is 72.8 Å². The Morgan fingerprint density at radius 2 is 1.52 bits per heavy atom. The van der Waals surface area contributed by atoms with E-state index in [-0.39, 0.29) is 30.1 Å². The Morgan fingerprint density at radius 1 is 0.880 bits per heavy atom. The van der Waals surface area contributed by atoms with E-state index in [4.69, 9.17) is 28.4 Å². The van der Waals surface area contributed by atoms with Crippen molar-refractivity contribution < 1.29 is 52.4 Å². The first kappa shape index (κ1) is 34.3. The van der Waals surface area contributed by atoms with Crippen molar-refractivity contribution in [3.05, 3.63) is 95.1 Å². The van der Waals surface area contributed by atoms with Gasteiger partial charge in [0.2, 0.25) is 0 Å². The molecule has 13 heteroatoms. The molecule has 262 valence electrons. The quantitative estimate of drug-likeness (QED) is 0.123. The minimum atomic E-state index is -1.70. The predicted molar refractivity (Wildman–Crippen MR) is 176 cm³/mol. The maximum absolute atomic E-state index is 13.7. The van der Waals surface area contributed by atoms with Crippen LogP contribution in [0, 0.1) is 0 Å². The molecule has 0 spiro atoms. The van der Waals surface area contributed by atoms with Crippen molar-refractivity contribution in [2.75, 3.05) is 18.6 Å². The third-order valence-electron chi connectivity index (χ3n) is 8.83. The van der Waals surface area contributed by atoms with E-state index in [0.717, 1.165) is 11.1 Å². The molecule has 2 unspecified atom stereocenters. The number of benzene rings is 3. The number of anilines is 1. The molecular formula is C37H38N2O11. The van der Waals surface area contributed by atoms with Gasteiger partial charge in [-0.25, -0.2) is 14.4 Å². The summed E-state index contributed by atoms with van der Waals surface area (Å²) in [6.45, 7) is 5.86. The summed E-state index contributed by atoms with van der Waals surface area (Å²) in [5.74, 6) is -1.18. The Hall–Kier alpha value is -5.59. The third kappa shape index (κ3) is 6.42. The summed E-state index contributed by atoms with van der Waals surface area (Å²) >= 11 is 0. The molecule has 3 aliphatic rings. The first-order chi connectivity index (χ1) is 23.9. The summed E-state index contributed by atoms with van der Waals surface area (Å²) in [7, 11) is 1.24. The van der Waals surface area contributed by atoms with Crippen LogP contribution in [0.25, 0.3) is 0 Å². The molecule has 2 saturated heterocycles. The summed E-state index contributed by atoms with van der Waals surface area (Å²) in [6, 6.07) is 18.9. The molecule has 3 aromatic rings. The van der Waals surface area contributed by atoms with E-state index >= 15 is 0 Å². The van der Waals surface area contributed by atoms with Gasteiger partial charge in [0.25, 0.3) is 0 Å². The molecule has 3 aliphatic heterocycles. The summed E-state index contributed by atoms with van der Waals surface area (Å²) < 4.78 is 33.9. The van der Waals surface area contributed by atoms with E-state index in [0.29, 0.717) is 12.0 Å². The number of methoxy groups -OCH3 is 1. The number of carbonyl (C=O) groups is 5. The van der Waals surface area contributed by atoms with Crippen LogP contribution in [-0.4, -0.2) is 79.0 Å². The Bertz CT molecular complexity index is 1790. The minimum Gasteiger partial charge on any atom is -0.488 e. The van der Waals surface area contributed by atoms with Gasteiger partial charge in [-0.15, -0.1) is 0 Å². The number of rotatable bonds is 10. The molecule has 50 heavy (non-hydrogen) atoms. The van der Waals surface area contributed by atoms with E-state index in [1.54, 1.807) is 49.9 Å². The Morgan fingerprint density at radius 3 is 2.10 bits per heavy atom. The maximum atomic E-state index is 13.7. The Kier molecular flexibility index (Phi) is 9.17. The van der Waals surface area contributed by atoms with Crippen LogP contribution in [0.5, 0.6) is 5.75 Å². The smallest absolute Gasteiger partial charge is 0.488 e. The molecule has 3 heterocycles. The molecule has 2 fully saturated rings. The normalized spacial score (nSPS) is 22.7. The van der Waals surface area contributed by atoms with Crippen molar-refractivity contribution in [1.82, 2.24) is 4.90 Å². The number of amides is 1. The lowest BCUT2D eigenvalue weighted by molar-refractivity contribution is -0.146. The Balaban J connectivity index is 1.45.